The van der Waals surface area contributed by atoms with E-state index in [2.05, 4.69) is 0 Å². The van der Waals surface area contributed by atoms with Crippen molar-refractivity contribution in [3.05, 3.63) is 96.1 Å². The van der Waals surface area contributed by atoms with E-state index >= 15 is 0 Å². The molecule has 47 heavy (non-hydrogen) atoms. The molecule has 0 unspecified atom stereocenters. The van der Waals surface area contributed by atoms with Gasteiger partial charge < -0.3 is 25.3 Å². The molecule has 0 saturated carbocycles. The summed E-state index contributed by atoms with van der Waals surface area (Å²) in [4.78, 5) is 60.1. The lowest BCUT2D eigenvalue weighted by atomic mass is 9.98. The highest BCUT2D eigenvalue weighted by atomic mass is 16.2. The van der Waals surface area contributed by atoms with Gasteiger partial charge in [-0.05, 0) is 54.7 Å². The average Bonchev–Trinajstić information content (AvgIpc) is 3.04. The Balaban J connectivity index is 1.94. The van der Waals surface area contributed by atoms with Crippen LogP contribution in [0.1, 0.15) is 44.2 Å². The molecule has 0 heterocycles. The zero-order valence-corrected chi connectivity index (χ0v) is 29.0. The van der Waals surface area contributed by atoms with Gasteiger partial charge in [-0.25, -0.2) is 0 Å². The zero-order chi connectivity index (χ0) is 34.7. The Bertz CT molecular complexity index is 1550. The monoisotopic (exact) mass is 641 g/mol. The summed E-state index contributed by atoms with van der Waals surface area (Å²) >= 11 is 0. The Hall–Kier alpha value is -4.50. The van der Waals surface area contributed by atoms with Crippen molar-refractivity contribution < 1.29 is 19.2 Å². The molecule has 0 aliphatic carbocycles. The van der Waals surface area contributed by atoms with Crippen molar-refractivity contribution in [1.29, 1.82) is 0 Å². The van der Waals surface area contributed by atoms with E-state index in [0.717, 1.165) is 21.9 Å². The van der Waals surface area contributed by atoms with Crippen molar-refractivity contribution in [3.63, 3.8) is 0 Å². The third kappa shape index (κ3) is 11.1. The van der Waals surface area contributed by atoms with Gasteiger partial charge in [-0.1, -0.05) is 78.9 Å². The van der Waals surface area contributed by atoms with Crippen LogP contribution in [0.5, 0.6) is 0 Å². The molecule has 3 aromatic carbocycles. The van der Waals surface area contributed by atoms with Gasteiger partial charge in [0.25, 0.3) is 0 Å². The van der Waals surface area contributed by atoms with Crippen LogP contribution in [0.25, 0.3) is 10.8 Å². The second kappa shape index (κ2) is 16.9. The number of fused-ring (bicyclic) bond motifs is 1. The van der Waals surface area contributed by atoms with Crippen LogP contribution in [0.2, 0.25) is 0 Å². The number of carbonyl (C=O) groups is 4. The fourth-order valence-electron chi connectivity index (χ4n) is 5.39. The molecule has 2 N–H and O–H groups in total. The lowest BCUT2D eigenvalue weighted by Gasteiger charge is -2.36. The predicted octanol–water partition coefficient (Wildman–Crippen LogP) is 4.29. The Morgan fingerprint density at radius 1 is 0.745 bits per heavy atom. The molecule has 4 amide bonds. The molecule has 0 bridgehead atoms. The number of nitrogens with two attached hydrogens (primary N) is 1. The maximum absolute atomic E-state index is 14.5. The fourth-order valence-corrected chi connectivity index (χ4v) is 5.39. The Morgan fingerprint density at radius 3 is 1.98 bits per heavy atom. The van der Waals surface area contributed by atoms with Crippen LogP contribution in [0, 0.1) is 0 Å². The van der Waals surface area contributed by atoms with Crippen molar-refractivity contribution in [2.75, 3.05) is 41.8 Å². The molecule has 3 aromatic rings. The molecule has 9 heteroatoms. The number of carbonyl (C=O) groups excluding carboxylic acids is 4. The van der Waals surface area contributed by atoms with Gasteiger partial charge in [-0.2, -0.15) is 0 Å². The summed E-state index contributed by atoms with van der Waals surface area (Å²) in [5.41, 5.74) is 7.44. The number of nitrogens with zero attached hydrogens (tertiary/aromatic N) is 4. The minimum absolute atomic E-state index is 0.00714. The van der Waals surface area contributed by atoms with Crippen molar-refractivity contribution in [1.82, 2.24) is 19.6 Å². The number of hydrogen-bond donors (Lipinski definition) is 1. The summed E-state index contributed by atoms with van der Waals surface area (Å²) in [6.45, 7) is 4.13. The summed E-state index contributed by atoms with van der Waals surface area (Å²) in [5.74, 6) is -0.903. The molecule has 252 valence electrons. The van der Waals surface area contributed by atoms with E-state index in [0.29, 0.717) is 32.2 Å². The van der Waals surface area contributed by atoms with E-state index < -0.39 is 17.6 Å². The van der Waals surface area contributed by atoms with E-state index in [-0.39, 0.29) is 30.0 Å². The molecule has 2 atom stereocenters. The first-order valence-electron chi connectivity index (χ1n) is 16.1. The van der Waals surface area contributed by atoms with Crippen LogP contribution in [0.4, 0.5) is 0 Å². The average molecular weight is 642 g/mol. The van der Waals surface area contributed by atoms with Crippen molar-refractivity contribution in [2.24, 2.45) is 5.73 Å². The molecule has 0 spiro atoms. The van der Waals surface area contributed by atoms with Crippen LogP contribution < -0.4 is 5.73 Å². The van der Waals surface area contributed by atoms with Crippen LogP contribution in [-0.2, 0) is 32.0 Å². The van der Waals surface area contributed by atoms with Gasteiger partial charge >= 0.3 is 0 Å². The minimum atomic E-state index is -0.877. The van der Waals surface area contributed by atoms with Gasteiger partial charge in [0.1, 0.15) is 12.1 Å². The van der Waals surface area contributed by atoms with Gasteiger partial charge in [0.2, 0.25) is 23.6 Å². The van der Waals surface area contributed by atoms with Gasteiger partial charge in [0.15, 0.2) is 0 Å². The summed E-state index contributed by atoms with van der Waals surface area (Å²) in [6.07, 6.45) is 5.08. The Kier molecular flexibility index (Phi) is 13.3. The molecule has 3 rings (SSSR count). The maximum Gasteiger partial charge on any atom is 0.246 e. The first kappa shape index (κ1) is 37.0. The highest BCUT2D eigenvalue weighted by molar-refractivity contribution is 5.95. The molecule has 0 fully saturated rings. The van der Waals surface area contributed by atoms with E-state index in [4.69, 9.17) is 5.73 Å². The standard InChI is InChI=1S/C38H51N5O4/c1-38(2,39)23-13-19-35(45)42(6)33(27-29-21-22-30-17-11-12-18-31(30)25-29)37(47)43(7)32(26-28-15-9-8-10-16-28)36(46)41(5)24-14-20-34(44)40(3)4/h8-13,15-19,21-22,25,32-33H,14,20,23-24,26-27,39H2,1-7H3/b19-13+/t32-,33-/m0/s1. The number of likely N-dealkylation sites (N-methyl/N-ethyl adjacent to an activating group) is 3. The first-order valence-corrected chi connectivity index (χ1v) is 16.1. The van der Waals surface area contributed by atoms with Gasteiger partial charge in [0, 0.05) is 66.6 Å². The quantitative estimate of drug-likeness (QED) is 0.249. The van der Waals surface area contributed by atoms with E-state index in [1.165, 1.54) is 20.8 Å². The topological polar surface area (TPSA) is 107 Å². The molecule has 0 saturated heterocycles. The lowest BCUT2D eigenvalue weighted by Crippen LogP contribution is -2.56. The van der Waals surface area contributed by atoms with Crippen LogP contribution >= 0.6 is 0 Å². The number of benzene rings is 3. The largest absolute Gasteiger partial charge is 0.349 e. The SMILES string of the molecule is CN(C)C(=O)CCCN(C)C(=O)[C@H](Cc1ccccc1)N(C)C(=O)[C@H](Cc1ccc2ccccc2c1)N(C)C(=O)/C=C/CC(C)(C)N. The minimum Gasteiger partial charge on any atom is -0.349 e. The van der Waals surface area contributed by atoms with E-state index in [1.807, 2.05) is 86.6 Å². The molecule has 0 aliphatic rings. The number of rotatable bonds is 15. The maximum atomic E-state index is 14.5. The normalized spacial score (nSPS) is 12.9. The summed E-state index contributed by atoms with van der Waals surface area (Å²) < 4.78 is 0. The summed E-state index contributed by atoms with van der Waals surface area (Å²) in [7, 11) is 8.37. The molecule has 0 aromatic heterocycles. The highest BCUT2D eigenvalue weighted by Crippen LogP contribution is 2.21. The zero-order valence-electron chi connectivity index (χ0n) is 29.0. The Morgan fingerprint density at radius 2 is 1.34 bits per heavy atom. The smallest absolute Gasteiger partial charge is 0.246 e. The first-order chi connectivity index (χ1) is 22.2. The highest BCUT2D eigenvalue weighted by Gasteiger charge is 2.36. The number of hydrogen-bond acceptors (Lipinski definition) is 5. The fraction of sp³-hybridized carbons (Fsp3) is 0.421. The van der Waals surface area contributed by atoms with Crippen LogP contribution in [-0.4, -0.2) is 103 Å². The lowest BCUT2D eigenvalue weighted by molar-refractivity contribution is -0.148. The van der Waals surface area contributed by atoms with E-state index in [9.17, 15) is 19.2 Å². The summed E-state index contributed by atoms with van der Waals surface area (Å²) in [5, 5.41) is 2.12. The third-order valence-corrected chi connectivity index (χ3v) is 8.38. The third-order valence-electron chi connectivity index (χ3n) is 8.38. The molecule has 0 radical (unpaired) electrons. The second-order valence-electron chi connectivity index (χ2n) is 13.3. The molecule has 0 aliphatic heterocycles. The van der Waals surface area contributed by atoms with Gasteiger partial charge in [-0.3, -0.25) is 19.2 Å². The van der Waals surface area contributed by atoms with Crippen molar-refractivity contribution in [3.8, 4) is 0 Å². The second-order valence-corrected chi connectivity index (χ2v) is 13.3. The molecule has 9 nitrogen and oxygen atoms in total. The predicted molar refractivity (Wildman–Crippen MR) is 189 cm³/mol. The molecular formula is C38H51N5O4. The van der Waals surface area contributed by atoms with Gasteiger partial charge in [0.05, 0.1) is 0 Å². The summed E-state index contributed by atoms with van der Waals surface area (Å²) in [6, 6.07) is 21.9. The Labute approximate surface area is 280 Å². The van der Waals surface area contributed by atoms with Crippen LogP contribution in [0.3, 0.4) is 0 Å². The van der Waals surface area contributed by atoms with Crippen molar-refractivity contribution in [2.45, 2.75) is 63.6 Å². The van der Waals surface area contributed by atoms with Crippen LogP contribution in [0.15, 0.2) is 84.9 Å². The number of amides is 4. The van der Waals surface area contributed by atoms with E-state index in [1.54, 1.807) is 46.2 Å². The van der Waals surface area contributed by atoms with Crippen molar-refractivity contribution >= 4 is 34.4 Å². The van der Waals surface area contributed by atoms with Gasteiger partial charge in [-0.15, -0.1) is 0 Å². The molecular weight excluding hydrogens is 590 g/mol.